The molecule has 0 unspecified atom stereocenters. The minimum atomic E-state index is -1.20. The quantitative estimate of drug-likeness (QED) is 0.897. The Balaban J connectivity index is 1.94. The Labute approximate surface area is 133 Å². The van der Waals surface area contributed by atoms with Crippen molar-refractivity contribution < 1.29 is 29.0 Å². The van der Waals surface area contributed by atoms with Gasteiger partial charge in [0.25, 0.3) is 0 Å². The monoisotopic (exact) mass is 322 g/mol. The number of methoxy groups -OCH3 is 1. The second kappa shape index (κ2) is 7.48. The third kappa shape index (κ3) is 4.12. The van der Waals surface area contributed by atoms with E-state index in [9.17, 15) is 19.5 Å². The molecule has 1 saturated heterocycles. The lowest BCUT2D eigenvalue weighted by molar-refractivity contribution is -0.144. The lowest BCUT2D eigenvalue weighted by Crippen LogP contribution is -2.59. The van der Waals surface area contributed by atoms with Gasteiger partial charge in [-0.1, -0.05) is 30.3 Å². The van der Waals surface area contributed by atoms with Gasteiger partial charge < -0.3 is 19.5 Å². The summed E-state index contributed by atoms with van der Waals surface area (Å²) in [7, 11) is 1.18. The number of hydrogen-bond acceptors (Lipinski definition) is 5. The summed E-state index contributed by atoms with van der Waals surface area (Å²) in [6.07, 6.45) is -1.33. The van der Waals surface area contributed by atoms with Crippen molar-refractivity contribution in [2.45, 2.75) is 12.6 Å². The van der Waals surface area contributed by atoms with Gasteiger partial charge in [0, 0.05) is 13.1 Å². The molecular weight excluding hydrogens is 304 g/mol. The fourth-order valence-electron chi connectivity index (χ4n) is 2.31. The highest BCUT2D eigenvalue weighted by molar-refractivity contribution is 5.81. The molecule has 124 valence electrons. The van der Waals surface area contributed by atoms with Crippen molar-refractivity contribution in [1.29, 1.82) is 0 Å². The zero-order chi connectivity index (χ0) is 16.8. The van der Waals surface area contributed by atoms with Crippen LogP contribution in [0.25, 0.3) is 0 Å². The van der Waals surface area contributed by atoms with Gasteiger partial charge in [-0.15, -0.1) is 0 Å². The van der Waals surface area contributed by atoms with Crippen LogP contribution in [-0.4, -0.2) is 65.8 Å². The molecule has 23 heavy (non-hydrogen) atoms. The lowest BCUT2D eigenvalue weighted by Gasteiger charge is -2.37. The van der Waals surface area contributed by atoms with Crippen LogP contribution in [0.4, 0.5) is 9.59 Å². The zero-order valence-electron chi connectivity index (χ0n) is 12.7. The van der Waals surface area contributed by atoms with E-state index in [4.69, 9.17) is 4.74 Å². The van der Waals surface area contributed by atoms with Crippen molar-refractivity contribution in [3.63, 3.8) is 0 Å². The van der Waals surface area contributed by atoms with Crippen molar-refractivity contribution in [3.8, 4) is 0 Å². The molecule has 2 amide bonds. The zero-order valence-corrected chi connectivity index (χ0v) is 12.7. The molecule has 1 fully saturated rings. The normalized spacial score (nSPS) is 17.5. The predicted molar refractivity (Wildman–Crippen MR) is 78.7 cm³/mol. The van der Waals surface area contributed by atoms with Gasteiger partial charge in [0.15, 0.2) is 6.04 Å². The fraction of sp³-hybridized carbons (Fsp3) is 0.400. The Morgan fingerprint density at radius 1 is 1.17 bits per heavy atom. The Bertz CT molecular complexity index is 577. The average molecular weight is 322 g/mol. The van der Waals surface area contributed by atoms with E-state index in [-0.39, 0.29) is 26.2 Å². The molecule has 8 nitrogen and oxygen atoms in total. The number of carboxylic acids is 1. The minimum absolute atomic E-state index is 0.0735. The van der Waals surface area contributed by atoms with Gasteiger partial charge in [-0.2, -0.15) is 0 Å². The first kappa shape index (κ1) is 16.6. The van der Waals surface area contributed by atoms with Crippen LogP contribution in [0.2, 0.25) is 0 Å². The summed E-state index contributed by atoms with van der Waals surface area (Å²) in [6, 6.07) is 8.01. The standard InChI is InChI=1S/C15H18N2O6/c1-22-15(21)17-8-7-16(9-12(17)13(18)19)14(20)23-10-11-5-3-2-4-6-11/h2-6,12H,7-10H2,1H3,(H,18,19)/t12-/m0/s1. The maximum atomic E-state index is 12.1. The van der Waals surface area contributed by atoms with E-state index in [1.165, 1.54) is 12.0 Å². The molecule has 1 aliphatic rings. The second-order valence-electron chi connectivity index (χ2n) is 5.00. The van der Waals surface area contributed by atoms with Gasteiger partial charge in [0.2, 0.25) is 0 Å². The Hall–Kier alpha value is -2.77. The van der Waals surface area contributed by atoms with Crippen molar-refractivity contribution >= 4 is 18.2 Å². The average Bonchev–Trinajstić information content (AvgIpc) is 2.59. The van der Waals surface area contributed by atoms with Crippen LogP contribution in [0.5, 0.6) is 0 Å². The molecule has 1 aromatic rings. The van der Waals surface area contributed by atoms with Crippen LogP contribution >= 0.6 is 0 Å². The molecule has 1 aliphatic heterocycles. The van der Waals surface area contributed by atoms with E-state index >= 15 is 0 Å². The summed E-state index contributed by atoms with van der Waals surface area (Å²) in [4.78, 5) is 37.3. The number of rotatable bonds is 3. The first-order chi connectivity index (χ1) is 11.0. The fourth-order valence-corrected chi connectivity index (χ4v) is 2.31. The van der Waals surface area contributed by atoms with E-state index in [1.807, 2.05) is 30.3 Å². The summed E-state index contributed by atoms with van der Waals surface area (Å²) < 4.78 is 9.74. The van der Waals surface area contributed by atoms with Crippen molar-refractivity contribution in [3.05, 3.63) is 35.9 Å². The van der Waals surface area contributed by atoms with E-state index < -0.39 is 24.2 Å². The molecule has 0 bridgehead atoms. The summed E-state index contributed by atoms with van der Waals surface area (Å²) >= 11 is 0. The molecule has 0 spiro atoms. The first-order valence-electron chi connectivity index (χ1n) is 7.06. The number of nitrogens with zero attached hydrogens (tertiary/aromatic N) is 2. The van der Waals surface area contributed by atoms with Gasteiger partial charge >= 0.3 is 18.2 Å². The lowest BCUT2D eigenvalue weighted by atomic mass is 10.2. The van der Waals surface area contributed by atoms with Gasteiger partial charge in [-0.05, 0) is 5.56 Å². The Kier molecular flexibility index (Phi) is 5.40. The molecule has 1 heterocycles. The molecule has 0 radical (unpaired) electrons. The molecule has 2 rings (SSSR count). The number of ether oxygens (including phenoxy) is 2. The molecule has 0 aliphatic carbocycles. The molecule has 0 aromatic heterocycles. The molecule has 8 heteroatoms. The van der Waals surface area contributed by atoms with Crippen LogP contribution in [0.3, 0.4) is 0 Å². The summed E-state index contributed by atoms with van der Waals surface area (Å²) in [5, 5.41) is 9.23. The van der Waals surface area contributed by atoms with Gasteiger partial charge in [0.1, 0.15) is 6.61 Å². The van der Waals surface area contributed by atoms with E-state index in [2.05, 4.69) is 4.74 Å². The van der Waals surface area contributed by atoms with E-state index in [0.29, 0.717) is 0 Å². The first-order valence-corrected chi connectivity index (χ1v) is 7.06. The number of carbonyl (C=O) groups is 3. The van der Waals surface area contributed by atoms with E-state index in [0.717, 1.165) is 10.5 Å². The Morgan fingerprint density at radius 3 is 2.48 bits per heavy atom. The maximum absolute atomic E-state index is 12.1. The number of carbonyl (C=O) groups excluding carboxylic acids is 2. The Morgan fingerprint density at radius 2 is 1.87 bits per heavy atom. The van der Waals surface area contributed by atoms with Crippen LogP contribution in [0.15, 0.2) is 30.3 Å². The van der Waals surface area contributed by atoms with Gasteiger partial charge in [-0.3, -0.25) is 4.90 Å². The highest BCUT2D eigenvalue weighted by Crippen LogP contribution is 2.13. The van der Waals surface area contributed by atoms with Gasteiger partial charge in [0.05, 0.1) is 13.7 Å². The third-order valence-electron chi connectivity index (χ3n) is 3.54. The summed E-state index contributed by atoms with van der Waals surface area (Å²) in [6.45, 7) is 0.225. The number of benzene rings is 1. The molecule has 1 atom stereocenters. The van der Waals surface area contributed by atoms with Crippen LogP contribution in [0, 0.1) is 0 Å². The largest absolute Gasteiger partial charge is 0.480 e. The molecular formula is C15H18N2O6. The minimum Gasteiger partial charge on any atom is -0.480 e. The van der Waals surface area contributed by atoms with Crippen molar-refractivity contribution in [2.24, 2.45) is 0 Å². The van der Waals surface area contributed by atoms with Gasteiger partial charge in [-0.25, -0.2) is 14.4 Å². The van der Waals surface area contributed by atoms with Crippen molar-refractivity contribution in [1.82, 2.24) is 9.80 Å². The number of piperazine rings is 1. The molecule has 1 aromatic carbocycles. The van der Waals surface area contributed by atoms with Crippen molar-refractivity contribution in [2.75, 3.05) is 26.7 Å². The number of hydrogen-bond donors (Lipinski definition) is 1. The van der Waals surface area contributed by atoms with Crippen LogP contribution in [0.1, 0.15) is 5.56 Å². The highest BCUT2D eigenvalue weighted by Gasteiger charge is 2.38. The summed E-state index contributed by atoms with van der Waals surface area (Å²) in [5.74, 6) is -1.20. The number of aliphatic carboxylic acids is 1. The highest BCUT2D eigenvalue weighted by atomic mass is 16.6. The van der Waals surface area contributed by atoms with Crippen LogP contribution in [-0.2, 0) is 20.9 Å². The SMILES string of the molecule is COC(=O)N1CCN(C(=O)OCc2ccccc2)C[C@H]1C(=O)O. The maximum Gasteiger partial charge on any atom is 0.410 e. The second-order valence-corrected chi connectivity index (χ2v) is 5.00. The van der Waals surface area contributed by atoms with E-state index in [1.54, 1.807) is 0 Å². The topological polar surface area (TPSA) is 96.4 Å². The summed E-state index contributed by atoms with van der Waals surface area (Å²) in [5.41, 5.74) is 0.837. The smallest absolute Gasteiger partial charge is 0.410 e. The molecule has 1 N–H and O–H groups in total. The number of carboxylic acid groups (broad SMARTS) is 1. The third-order valence-corrected chi connectivity index (χ3v) is 3.54. The molecule has 0 saturated carbocycles. The predicted octanol–water partition coefficient (Wildman–Crippen LogP) is 1.16. The number of amides is 2. The van der Waals surface area contributed by atoms with Crippen LogP contribution < -0.4 is 0 Å².